The summed E-state index contributed by atoms with van der Waals surface area (Å²) in [6.45, 7) is 6.50. The first-order valence-corrected chi connectivity index (χ1v) is 9.92. The summed E-state index contributed by atoms with van der Waals surface area (Å²) < 4.78 is 0. The number of rotatable bonds is 3. The molecule has 1 amide bonds. The van der Waals surface area contributed by atoms with E-state index in [1.165, 1.54) is 16.7 Å². The second-order valence-corrected chi connectivity index (χ2v) is 8.18. The zero-order valence-electron chi connectivity index (χ0n) is 16.0. The molecule has 142 valence electrons. The molecule has 1 spiro atoms. The lowest BCUT2D eigenvalue weighted by atomic mass is 9.80. The number of fused-ring (bicyclic) bond motifs is 1. The third kappa shape index (κ3) is 3.86. The fourth-order valence-corrected chi connectivity index (χ4v) is 4.71. The van der Waals surface area contributed by atoms with Crippen LogP contribution in [0.1, 0.15) is 36.5 Å². The monoisotopic (exact) mass is 364 g/mol. The number of likely N-dealkylation sites (tertiary alicyclic amines) is 1. The van der Waals surface area contributed by atoms with Crippen LogP contribution in [0.3, 0.4) is 0 Å². The lowest BCUT2D eigenvalue weighted by Gasteiger charge is -2.33. The highest BCUT2D eigenvalue weighted by Crippen LogP contribution is 2.39. The van der Waals surface area contributed by atoms with Crippen molar-refractivity contribution in [2.75, 3.05) is 19.6 Å². The molecule has 2 aromatic rings. The highest BCUT2D eigenvalue weighted by atomic mass is 16.3. The molecule has 2 aliphatic heterocycles. The molecule has 1 N–H and O–H groups in total. The van der Waals surface area contributed by atoms with Crippen molar-refractivity contribution < 1.29 is 9.90 Å². The Balaban J connectivity index is 1.55. The van der Waals surface area contributed by atoms with Gasteiger partial charge in [0.1, 0.15) is 5.75 Å². The molecule has 2 heterocycles. The minimum atomic E-state index is 0.133. The quantitative estimate of drug-likeness (QED) is 0.905. The number of hydrogen-bond donors (Lipinski definition) is 1. The van der Waals surface area contributed by atoms with Crippen LogP contribution in [0.5, 0.6) is 5.75 Å². The van der Waals surface area contributed by atoms with E-state index in [0.29, 0.717) is 12.2 Å². The molecular formula is C23H28N2O2. The van der Waals surface area contributed by atoms with Crippen LogP contribution in [0.4, 0.5) is 0 Å². The van der Waals surface area contributed by atoms with E-state index in [1.54, 1.807) is 12.1 Å². The van der Waals surface area contributed by atoms with Gasteiger partial charge in [0.25, 0.3) is 0 Å². The first-order valence-electron chi connectivity index (χ1n) is 9.92. The molecule has 0 bridgehead atoms. The first kappa shape index (κ1) is 18.1. The number of aromatic hydroxyl groups is 1. The van der Waals surface area contributed by atoms with Crippen molar-refractivity contribution in [2.24, 2.45) is 5.41 Å². The van der Waals surface area contributed by atoms with Gasteiger partial charge in [0.2, 0.25) is 5.91 Å². The molecule has 1 unspecified atom stereocenters. The Kier molecular flexibility index (Phi) is 4.92. The van der Waals surface area contributed by atoms with Gasteiger partial charge in [-0.05, 0) is 48.2 Å². The van der Waals surface area contributed by atoms with Crippen molar-refractivity contribution in [3.63, 3.8) is 0 Å². The van der Waals surface area contributed by atoms with Crippen LogP contribution in [-0.2, 0) is 24.3 Å². The molecule has 2 aromatic carbocycles. The summed E-state index contributed by atoms with van der Waals surface area (Å²) in [7, 11) is 0. The number of carbonyl (C=O) groups excluding carboxylic acids is 1. The lowest BCUT2D eigenvalue weighted by Crippen LogP contribution is -2.41. The predicted octanol–water partition coefficient (Wildman–Crippen LogP) is 3.58. The Morgan fingerprint density at radius 1 is 1.07 bits per heavy atom. The summed E-state index contributed by atoms with van der Waals surface area (Å²) in [5.74, 6) is 0.564. The Morgan fingerprint density at radius 2 is 1.81 bits per heavy atom. The largest absolute Gasteiger partial charge is 0.508 e. The van der Waals surface area contributed by atoms with Gasteiger partial charge in [0.15, 0.2) is 0 Å². The highest BCUT2D eigenvalue weighted by molar-refractivity contribution is 5.76. The van der Waals surface area contributed by atoms with Crippen molar-refractivity contribution >= 4 is 5.91 Å². The van der Waals surface area contributed by atoms with Gasteiger partial charge < -0.3 is 10.0 Å². The Labute approximate surface area is 161 Å². The summed E-state index contributed by atoms with van der Waals surface area (Å²) in [6.07, 6.45) is 2.73. The van der Waals surface area contributed by atoms with E-state index in [4.69, 9.17) is 0 Å². The molecule has 0 saturated carbocycles. The van der Waals surface area contributed by atoms with Crippen LogP contribution in [-0.4, -0.2) is 40.4 Å². The van der Waals surface area contributed by atoms with Gasteiger partial charge in [-0.1, -0.05) is 43.3 Å². The van der Waals surface area contributed by atoms with E-state index in [0.717, 1.165) is 45.6 Å². The van der Waals surface area contributed by atoms with E-state index in [2.05, 4.69) is 34.1 Å². The van der Waals surface area contributed by atoms with Crippen molar-refractivity contribution in [3.8, 4) is 5.75 Å². The van der Waals surface area contributed by atoms with E-state index in [1.807, 2.05) is 19.1 Å². The molecule has 1 saturated heterocycles. The topological polar surface area (TPSA) is 43.8 Å². The molecule has 1 fully saturated rings. The van der Waals surface area contributed by atoms with Gasteiger partial charge in [-0.2, -0.15) is 0 Å². The van der Waals surface area contributed by atoms with Gasteiger partial charge in [-0.3, -0.25) is 9.69 Å². The van der Waals surface area contributed by atoms with E-state index < -0.39 is 0 Å². The SMILES string of the molecule is CCC(=O)N1Cc2ccccc2CC2(CCN(Cc3ccc(O)cc3)C2)C1. The molecule has 2 aliphatic rings. The van der Waals surface area contributed by atoms with Gasteiger partial charge in [-0.25, -0.2) is 0 Å². The smallest absolute Gasteiger partial charge is 0.222 e. The van der Waals surface area contributed by atoms with E-state index >= 15 is 0 Å². The number of benzene rings is 2. The zero-order valence-corrected chi connectivity index (χ0v) is 16.0. The van der Waals surface area contributed by atoms with Crippen LogP contribution in [0.15, 0.2) is 48.5 Å². The van der Waals surface area contributed by atoms with Crippen molar-refractivity contribution in [1.82, 2.24) is 9.80 Å². The standard InChI is InChI=1S/C23H28N2O2/c1-2-22(27)25-15-20-6-4-3-5-19(20)13-23(17-25)11-12-24(16-23)14-18-7-9-21(26)10-8-18/h3-10,26H,2,11-17H2,1H3. The van der Waals surface area contributed by atoms with Crippen molar-refractivity contribution in [2.45, 2.75) is 39.3 Å². The molecule has 0 aromatic heterocycles. The fraction of sp³-hybridized carbons (Fsp3) is 0.435. The average molecular weight is 364 g/mol. The van der Waals surface area contributed by atoms with Crippen LogP contribution in [0.25, 0.3) is 0 Å². The normalized spacial score (nSPS) is 22.6. The number of nitrogens with zero attached hydrogens (tertiary/aromatic N) is 2. The summed E-state index contributed by atoms with van der Waals surface area (Å²) >= 11 is 0. The molecule has 27 heavy (non-hydrogen) atoms. The van der Waals surface area contributed by atoms with E-state index in [9.17, 15) is 9.90 Å². The molecular weight excluding hydrogens is 336 g/mol. The molecule has 1 atom stereocenters. The van der Waals surface area contributed by atoms with Gasteiger partial charge in [0.05, 0.1) is 0 Å². The van der Waals surface area contributed by atoms with Crippen LogP contribution in [0.2, 0.25) is 0 Å². The van der Waals surface area contributed by atoms with Crippen LogP contribution >= 0.6 is 0 Å². The van der Waals surface area contributed by atoms with Crippen molar-refractivity contribution in [3.05, 3.63) is 65.2 Å². The first-order chi connectivity index (χ1) is 13.1. The molecule has 4 nitrogen and oxygen atoms in total. The number of phenols is 1. The number of hydrogen-bond acceptors (Lipinski definition) is 3. The van der Waals surface area contributed by atoms with Gasteiger partial charge >= 0.3 is 0 Å². The Bertz CT molecular complexity index is 817. The minimum Gasteiger partial charge on any atom is -0.508 e. The highest BCUT2D eigenvalue weighted by Gasteiger charge is 2.42. The zero-order chi connectivity index (χ0) is 18.9. The summed E-state index contributed by atoms with van der Waals surface area (Å²) in [5, 5.41) is 9.49. The molecule has 4 heteroatoms. The number of carbonyl (C=O) groups is 1. The fourth-order valence-electron chi connectivity index (χ4n) is 4.71. The second kappa shape index (κ2) is 7.35. The molecule has 4 rings (SSSR count). The van der Waals surface area contributed by atoms with Crippen LogP contribution < -0.4 is 0 Å². The molecule has 0 radical (unpaired) electrons. The summed E-state index contributed by atoms with van der Waals surface area (Å²) in [4.78, 5) is 17.1. The number of phenolic OH excluding ortho intramolecular Hbond substituents is 1. The maximum atomic E-state index is 12.6. The maximum Gasteiger partial charge on any atom is 0.222 e. The van der Waals surface area contributed by atoms with E-state index in [-0.39, 0.29) is 11.3 Å². The van der Waals surface area contributed by atoms with Gasteiger partial charge in [-0.15, -0.1) is 0 Å². The van der Waals surface area contributed by atoms with Crippen LogP contribution in [0, 0.1) is 5.41 Å². The summed E-state index contributed by atoms with van der Waals surface area (Å²) in [5.41, 5.74) is 4.05. The predicted molar refractivity (Wildman–Crippen MR) is 106 cm³/mol. The number of amides is 1. The van der Waals surface area contributed by atoms with Gasteiger partial charge in [0, 0.05) is 38.0 Å². The molecule has 0 aliphatic carbocycles. The maximum absolute atomic E-state index is 12.6. The third-order valence-corrected chi connectivity index (χ3v) is 6.09. The minimum absolute atomic E-state index is 0.133. The third-order valence-electron chi connectivity index (χ3n) is 6.09. The van der Waals surface area contributed by atoms with Crippen molar-refractivity contribution in [1.29, 1.82) is 0 Å². The second-order valence-electron chi connectivity index (χ2n) is 8.18. The lowest BCUT2D eigenvalue weighted by molar-refractivity contribution is -0.132. The Morgan fingerprint density at radius 3 is 2.56 bits per heavy atom. The Hall–Kier alpha value is -2.33. The summed E-state index contributed by atoms with van der Waals surface area (Å²) in [6, 6.07) is 16.1. The average Bonchev–Trinajstić information content (AvgIpc) is 2.97.